The second kappa shape index (κ2) is 7.63. The predicted molar refractivity (Wildman–Crippen MR) is 137 cm³/mol. The highest BCUT2D eigenvalue weighted by Gasteiger charge is 2.38. The first kappa shape index (κ1) is 21.3. The van der Waals surface area contributed by atoms with Crippen molar-refractivity contribution in [2.24, 2.45) is 0 Å². The van der Waals surface area contributed by atoms with Crippen LogP contribution < -0.4 is 0 Å². The second-order valence-electron chi connectivity index (χ2n) is 10.2. The molecule has 30 heavy (non-hydrogen) atoms. The summed E-state index contributed by atoms with van der Waals surface area (Å²) in [6, 6.07) is 15.8. The zero-order chi connectivity index (χ0) is 21.7. The zero-order valence-electron chi connectivity index (χ0n) is 19.5. The molecule has 1 atom stereocenters. The standard InChI is InChI=1S/C27H34OSi2/c1-19(30(6,7)20(2)28-29(3,4)5)26-24-16-11-10-15-23(24)25-18-12-17-22(27(25)26)21-13-8-9-14-21/h8-13,15-18,20H,14H2,1-7H3/b26-19-. The molecule has 2 aromatic rings. The molecule has 0 saturated heterocycles. The number of fused-ring (bicyclic) bond motifs is 3. The molecule has 156 valence electrons. The molecule has 3 heteroatoms. The predicted octanol–water partition coefficient (Wildman–Crippen LogP) is 7.86. The molecular weight excluding hydrogens is 396 g/mol. The Kier molecular flexibility index (Phi) is 5.42. The van der Waals surface area contributed by atoms with Crippen molar-refractivity contribution in [2.45, 2.75) is 58.7 Å². The molecule has 1 nitrogen and oxygen atoms in total. The molecular formula is C27H34OSi2. The Hall–Kier alpha value is -1.95. The van der Waals surface area contributed by atoms with Crippen molar-refractivity contribution in [1.82, 2.24) is 0 Å². The van der Waals surface area contributed by atoms with Crippen molar-refractivity contribution in [3.05, 3.63) is 82.6 Å². The summed E-state index contributed by atoms with van der Waals surface area (Å²) in [6.07, 6.45) is 7.76. The largest absolute Gasteiger partial charge is 0.418 e. The van der Waals surface area contributed by atoms with Gasteiger partial charge in [-0.25, -0.2) is 0 Å². The van der Waals surface area contributed by atoms with Crippen molar-refractivity contribution < 1.29 is 4.43 Å². The minimum absolute atomic E-state index is 0.299. The van der Waals surface area contributed by atoms with Gasteiger partial charge in [0.15, 0.2) is 8.32 Å². The van der Waals surface area contributed by atoms with E-state index >= 15 is 0 Å². The maximum atomic E-state index is 6.63. The van der Waals surface area contributed by atoms with E-state index in [2.05, 4.69) is 107 Å². The summed E-state index contributed by atoms with van der Waals surface area (Å²) in [6.45, 7) is 16.6. The number of hydrogen-bond donors (Lipinski definition) is 0. The minimum Gasteiger partial charge on any atom is -0.418 e. The summed E-state index contributed by atoms with van der Waals surface area (Å²) in [5.41, 5.74) is 10.2. The topological polar surface area (TPSA) is 9.23 Å². The molecule has 2 aliphatic rings. The van der Waals surface area contributed by atoms with Crippen LogP contribution in [0.15, 0.2) is 65.9 Å². The highest BCUT2D eigenvalue weighted by molar-refractivity contribution is 6.87. The lowest BCUT2D eigenvalue weighted by Crippen LogP contribution is -2.48. The second-order valence-corrected chi connectivity index (χ2v) is 19.7. The average Bonchev–Trinajstić information content (AvgIpc) is 3.32. The van der Waals surface area contributed by atoms with E-state index in [9.17, 15) is 0 Å². The summed E-state index contributed by atoms with van der Waals surface area (Å²) in [5, 5.41) is 1.55. The number of benzene rings is 2. The van der Waals surface area contributed by atoms with Gasteiger partial charge in [0, 0.05) is 5.73 Å². The highest BCUT2D eigenvalue weighted by Crippen LogP contribution is 2.50. The van der Waals surface area contributed by atoms with E-state index in [-0.39, 0.29) is 0 Å². The Morgan fingerprint density at radius 3 is 2.13 bits per heavy atom. The Morgan fingerprint density at radius 2 is 1.50 bits per heavy atom. The van der Waals surface area contributed by atoms with Crippen molar-refractivity contribution in [2.75, 3.05) is 0 Å². The van der Waals surface area contributed by atoms with Gasteiger partial charge in [0.2, 0.25) is 0 Å². The lowest BCUT2D eigenvalue weighted by molar-refractivity contribution is 0.283. The SMILES string of the molecule is C/C(=C1\c2ccccc2-c2cccc(C3=CC=CC3)c21)[Si](C)(C)C(C)O[Si](C)(C)C. The van der Waals surface area contributed by atoms with Crippen LogP contribution in [0, 0.1) is 0 Å². The molecule has 0 heterocycles. The molecule has 0 fully saturated rings. The smallest absolute Gasteiger partial charge is 0.183 e. The van der Waals surface area contributed by atoms with Crippen molar-refractivity contribution in [3.63, 3.8) is 0 Å². The Bertz CT molecular complexity index is 1080. The molecule has 0 radical (unpaired) electrons. The molecule has 0 amide bonds. The molecule has 0 aromatic heterocycles. The van der Waals surface area contributed by atoms with E-state index in [1.165, 1.54) is 39.0 Å². The van der Waals surface area contributed by atoms with Gasteiger partial charge in [-0.05, 0) is 78.9 Å². The minimum atomic E-state index is -1.83. The van der Waals surface area contributed by atoms with Gasteiger partial charge in [-0.1, -0.05) is 79.0 Å². The van der Waals surface area contributed by atoms with E-state index < -0.39 is 16.4 Å². The summed E-state index contributed by atoms with van der Waals surface area (Å²) < 4.78 is 6.63. The first-order valence-electron chi connectivity index (χ1n) is 11.1. The van der Waals surface area contributed by atoms with Gasteiger partial charge in [0.05, 0.1) is 0 Å². The average molecular weight is 431 g/mol. The summed E-state index contributed by atoms with van der Waals surface area (Å²) >= 11 is 0. The maximum absolute atomic E-state index is 6.63. The first-order valence-corrected chi connectivity index (χ1v) is 17.6. The number of rotatable bonds is 5. The molecule has 2 aliphatic carbocycles. The van der Waals surface area contributed by atoms with Crippen LogP contribution in [0.3, 0.4) is 0 Å². The monoisotopic (exact) mass is 430 g/mol. The Balaban J connectivity index is 1.94. The van der Waals surface area contributed by atoms with Crippen LogP contribution in [0.25, 0.3) is 22.3 Å². The molecule has 2 aromatic carbocycles. The molecule has 0 aliphatic heterocycles. The lowest BCUT2D eigenvalue weighted by Gasteiger charge is -2.36. The van der Waals surface area contributed by atoms with E-state index in [4.69, 9.17) is 4.43 Å². The first-order chi connectivity index (χ1) is 14.1. The zero-order valence-corrected chi connectivity index (χ0v) is 21.5. The van der Waals surface area contributed by atoms with E-state index in [0.29, 0.717) is 5.73 Å². The van der Waals surface area contributed by atoms with Crippen LogP contribution in [0.2, 0.25) is 32.7 Å². The lowest BCUT2D eigenvalue weighted by atomic mass is 9.92. The summed E-state index contributed by atoms with van der Waals surface area (Å²) in [5.74, 6) is 0. The summed E-state index contributed by atoms with van der Waals surface area (Å²) in [7, 11) is -3.42. The van der Waals surface area contributed by atoms with Gasteiger partial charge in [-0.15, -0.1) is 0 Å². The maximum Gasteiger partial charge on any atom is 0.183 e. The van der Waals surface area contributed by atoms with Crippen LogP contribution >= 0.6 is 0 Å². The van der Waals surface area contributed by atoms with Crippen LogP contribution in [0.5, 0.6) is 0 Å². The molecule has 4 rings (SSSR count). The molecule has 0 spiro atoms. The third-order valence-electron chi connectivity index (χ3n) is 6.81. The summed E-state index contributed by atoms with van der Waals surface area (Å²) in [4.78, 5) is 0. The van der Waals surface area contributed by atoms with Crippen LogP contribution in [0.1, 0.15) is 37.0 Å². The fourth-order valence-corrected chi connectivity index (χ4v) is 9.54. The fourth-order valence-electron chi connectivity index (χ4n) is 4.73. The Morgan fingerprint density at radius 1 is 0.867 bits per heavy atom. The van der Waals surface area contributed by atoms with Crippen molar-refractivity contribution in [3.8, 4) is 11.1 Å². The van der Waals surface area contributed by atoms with Gasteiger partial charge >= 0.3 is 0 Å². The van der Waals surface area contributed by atoms with E-state index in [0.717, 1.165) is 6.42 Å². The molecule has 1 unspecified atom stereocenters. The quantitative estimate of drug-likeness (QED) is 0.374. The number of allylic oxidation sites excluding steroid dienone is 5. The number of hydrogen-bond acceptors (Lipinski definition) is 1. The molecule has 0 N–H and O–H groups in total. The van der Waals surface area contributed by atoms with E-state index in [1.807, 2.05) is 0 Å². The van der Waals surface area contributed by atoms with Gasteiger partial charge < -0.3 is 4.43 Å². The van der Waals surface area contributed by atoms with Crippen LogP contribution in [-0.4, -0.2) is 22.1 Å². The van der Waals surface area contributed by atoms with Crippen LogP contribution in [-0.2, 0) is 4.43 Å². The third kappa shape index (κ3) is 3.64. The Labute approximate surface area is 184 Å². The van der Waals surface area contributed by atoms with Gasteiger partial charge in [-0.3, -0.25) is 0 Å². The molecule has 0 bridgehead atoms. The van der Waals surface area contributed by atoms with Gasteiger partial charge in [0.25, 0.3) is 0 Å². The normalized spacial score (nSPS) is 18.2. The van der Waals surface area contributed by atoms with Gasteiger partial charge in [-0.2, -0.15) is 0 Å². The van der Waals surface area contributed by atoms with Crippen molar-refractivity contribution >= 4 is 27.5 Å². The van der Waals surface area contributed by atoms with Gasteiger partial charge in [0.1, 0.15) is 8.07 Å². The highest BCUT2D eigenvalue weighted by atomic mass is 28.4. The van der Waals surface area contributed by atoms with E-state index in [1.54, 1.807) is 5.20 Å². The fraction of sp³-hybridized carbons (Fsp3) is 0.333. The van der Waals surface area contributed by atoms with Crippen LogP contribution in [0.4, 0.5) is 0 Å². The van der Waals surface area contributed by atoms with Crippen molar-refractivity contribution in [1.29, 1.82) is 0 Å². The molecule has 0 saturated carbocycles. The third-order valence-corrected chi connectivity index (χ3v) is 12.4.